The van der Waals surface area contributed by atoms with Gasteiger partial charge in [-0.25, -0.2) is 4.79 Å². The van der Waals surface area contributed by atoms with Crippen molar-refractivity contribution in [1.82, 2.24) is 4.90 Å². The highest BCUT2D eigenvalue weighted by Gasteiger charge is 2.65. The van der Waals surface area contributed by atoms with E-state index in [0.29, 0.717) is 6.07 Å². The van der Waals surface area contributed by atoms with Gasteiger partial charge in [0.1, 0.15) is 23.4 Å². The number of anilines is 1. The predicted molar refractivity (Wildman–Crippen MR) is 99.4 cm³/mol. The van der Waals surface area contributed by atoms with Gasteiger partial charge in [-0.2, -0.15) is 0 Å². The normalized spacial score (nSPS) is 17.6. The fourth-order valence-electron chi connectivity index (χ4n) is 2.28. The molecule has 0 radical (unpaired) electrons. The number of amides is 2. The lowest BCUT2D eigenvalue weighted by Crippen LogP contribution is -2.55. The van der Waals surface area contributed by atoms with Crippen molar-refractivity contribution in [2.45, 2.75) is 36.6 Å². The van der Waals surface area contributed by atoms with Crippen LogP contribution in [0.25, 0.3) is 0 Å². The largest absolute Gasteiger partial charge is 0.485 e. The van der Waals surface area contributed by atoms with E-state index in [0.717, 1.165) is 0 Å². The quantitative estimate of drug-likeness (QED) is 0.443. The van der Waals surface area contributed by atoms with E-state index < -0.39 is 37.9 Å². The van der Waals surface area contributed by atoms with Crippen LogP contribution >= 0.6 is 21.8 Å². The van der Waals surface area contributed by atoms with Crippen LogP contribution in [0.2, 0.25) is 0 Å². The first-order valence-electron chi connectivity index (χ1n) is 8.27. The Labute approximate surface area is 169 Å². The van der Waals surface area contributed by atoms with Gasteiger partial charge in [0.15, 0.2) is 0 Å². The molecule has 166 valence electrons. The van der Waals surface area contributed by atoms with Crippen LogP contribution in [0.15, 0.2) is 23.1 Å². The first kappa shape index (κ1) is 23.3. The Balaban J connectivity index is 2.26. The fraction of sp³-hybridized carbons (Fsp3) is 0.500. The van der Waals surface area contributed by atoms with Crippen molar-refractivity contribution in [2.24, 2.45) is 0 Å². The van der Waals surface area contributed by atoms with E-state index in [2.05, 4.69) is 0 Å². The highest BCUT2D eigenvalue weighted by atomic mass is 35.5. The first-order chi connectivity index (χ1) is 12.8. The van der Waals surface area contributed by atoms with Crippen LogP contribution in [0.4, 0.5) is 29.9 Å². The van der Waals surface area contributed by atoms with Gasteiger partial charge >= 0.3 is 16.3 Å². The molecule has 1 aliphatic heterocycles. The van der Waals surface area contributed by atoms with Gasteiger partial charge in [0.05, 0.1) is 23.7 Å². The summed E-state index contributed by atoms with van der Waals surface area (Å²) in [4.78, 5) is 21.4. The summed E-state index contributed by atoms with van der Waals surface area (Å²) < 4.78 is 75.9. The summed E-state index contributed by atoms with van der Waals surface area (Å²) in [7, 11) is -9.99. The van der Waals surface area contributed by atoms with Crippen molar-refractivity contribution in [3.8, 4) is 5.75 Å². The Morgan fingerprint density at radius 1 is 1.24 bits per heavy atom. The number of alkyl halides is 1. The summed E-state index contributed by atoms with van der Waals surface area (Å²) in [5, 5.41) is 1.98. The van der Waals surface area contributed by atoms with E-state index in [1.54, 1.807) is 0 Å². The number of likely N-dealkylation sites (tertiary alicyclic amines) is 1. The molecule has 0 spiro atoms. The van der Waals surface area contributed by atoms with E-state index in [9.17, 15) is 29.0 Å². The van der Waals surface area contributed by atoms with Gasteiger partial charge in [-0.1, -0.05) is 19.4 Å². The van der Waals surface area contributed by atoms with Gasteiger partial charge in [0.2, 0.25) is 5.91 Å². The van der Waals surface area contributed by atoms with E-state index in [1.165, 1.54) is 25.7 Å². The number of carbonyl (C=O) groups excluding carboxylic acids is 2. The Kier molecular flexibility index (Phi) is 5.47. The molecular weight excluding hydrogens is 447 g/mol. The molecule has 13 heteroatoms. The number of carbonyl (C=O) groups is 2. The van der Waals surface area contributed by atoms with Gasteiger partial charge in [-0.15, -0.1) is 11.6 Å². The minimum atomic E-state index is -9.99. The third-order valence-corrected chi connectivity index (χ3v) is 5.02. The zero-order chi connectivity index (χ0) is 22.3. The summed E-state index contributed by atoms with van der Waals surface area (Å²) in [5.41, 5.74) is -0.644. The van der Waals surface area contributed by atoms with Crippen molar-refractivity contribution >= 4 is 39.5 Å². The second-order valence-corrected chi connectivity index (χ2v) is 10.6. The maximum atomic E-state index is 13.1. The second kappa shape index (κ2) is 6.79. The molecule has 1 heterocycles. The number of hydrogen-bond donors (Lipinski definition) is 1. The van der Waals surface area contributed by atoms with Crippen molar-refractivity contribution in [3.05, 3.63) is 18.2 Å². The van der Waals surface area contributed by atoms with E-state index >= 15 is 0 Å². The van der Waals surface area contributed by atoms with E-state index in [4.69, 9.17) is 21.1 Å². The minimum Gasteiger partial charge on any atom is -0.485 e. The highest BCUT2D eigenvalue weighted by Crippen LogP contribution is 3.02. The Hall–Kier alpha value is -1.95. The van der Waals surface area contributed by atoms with Crippen LogP contribution in [0.1, 0.15) is 20.8 Å². The first-order valence-corrected chi connectivity index (χ1v) is 10.6. The lowest BCUT2D eigenvalue weighted by Gasteiger charge is -2.41. The van der Waals surface area contributed by atoms with Crippen LogP contribution in [0.3, 0.4) is 0 Å². The number of ether oxygens (including phenoxy) is 2. The summed E-state index contributed by atoms with van der Waals surface area (Å²) in [5.74, 6) is -0.488. The van der Waals surface area contributed by atoms with Gasteiger partial charge in [0, 0.05) is 6.92 Å². The summed E-state index contributed by atoms with van der Waals surface area (Å²) in [6.45, 7) is 4.45. The molecule has 1 aliphatic rings. The van der Waals surface area contributed by atoms with Gasteiger partial charge in [-0.05, 0) is 32.0 Å². The maximum Gasteiger partial charge on any atom is 0.411 e. The summed E-state index contributed by atoms with van der Waals surface area (Å²) >= 11 is 5.86. The van der Waals surface area contributed by atoms with Gasteiger partial charge < -0.3 is 14.4 Å². The molecule has 1 N–H and O–H groups in total. The predicted octanol–water partition coefficient (Wildman–Crippen LogP) is 5.52. The minimum absolute atomic E-state index is 0.0887. The number of halogens is 6. The lowest BCUT2D eigenvalue weighted by molar-refractivity contribution is -0.137. The van der Waals surface area contributed by atoms with Gasteiger partial charge in [-0.3, -0.25) is 10.1 Å². The lowest BCUT2D eigenvalue weighted by atomic mass is 10.1. The topological polar surface area (TPSA) is 67.9 Å². The molecular formula is C16H20ClF5N2O4S. The maximum absolute atomic E-state index is 13.1. The van der Waals surface area contributed by atoms with Crippen molar-refractivity contribution < 1.29 is 38.5 Å². The Morgan fingerprint density at radius 3 is 2.31 bits per heavy atom. The third-order valence-electron chi connectivity index (χ3n) is 3.77. The van der Waals surface area contributed by atoms with Crippen LogP contribution in [-0.2, 0) is 9.53 Å². The highest BCUT2D eigenvalue weighted by molar-refractivity contribution is 8.45. The molecule has 0 aliphatic carbocycles. The number of hydrogen-bond acceptors (Lipinski definition) is 4. The number of benzene rings is 1. The van der Waals surface area contributed by atoms with Crippen LogP contribution < -0.4 is 10.1 Å². The third kappa shape index (κ3) is 6.81. The summed E-state index contributed by atoms with van der Waals surface area (Å²) in [6, 6.07) is 0.951. The zero-order valence-electron chi connectivity index (χ0n) is 15.7. The standard InChI is InChI=1S/C16H20ClF5N2O4S/c1-10(25)24-7-11(8-24)28-14-5-4-12(29(18,19,20,21)22)6-13(14)23-15(26)27-9-16(2,3)17/h4-6,11H,7-9H2,1-3H3,(H,23,26). The molecule has 1 aromatic carbocycles. The second-order valence-electron chi connectivity index (χ2n) is 7.21. The molecule has 2 rings (SSSR count). The monoisotopic (exact) mass is 466 g/mol. The smallest absolute Gasteiger partial charge is 0.411 e. The molecule has 1 aromatic rings. The average Bonchev–Trinajstić information content (AvgIpc) is 2.46. The van der Waals surface area contributed by atoms with Gasteiger partial charge in [0.25, 0.3) is 0 Å². The van der Waals surface area contributed by atoms with Crippen molar-refractivity contribution in [1.29, 1.82) is 0 Å². The van der Waals surface area contributed by atoms with Crippen LogP contribution in [0, 0.1) is 0 Å². The van der Waals surface area contributed by atoms with Crippen molar-refractivity contribution in [3.63, 3.8) is 0 Å². The van der Waals surface area contributed by atoms with Crippen molar-refractivity contribution in [2.75, 3.05) is 25.0 Å². The van der Waals surface area contributed by atoms with E-state index in [1.807, 2.05) is 5.32 Å². The Morgan fingerprint density at radius 2 is 1.83 bits per heavy atom. The summed E-state index contributed by atoms with van der Waals surface area (Å²) in [6.07, 6.45) is -1.76. The molecule has 0 aromatic heterocycles. The van der Waals surface area contributed by atoms with Crippen LogP contribution in [-0.4, -0.2) is 47.6 Å². The average molecular weight is 467 g/mol. The zero-order valence-corrected chi connectivity index (χ0v) is 17.3. The number of nitrogens with zero attached hydrogens (tertiary/aromatic N) is 1. The molecule has 0 unspecified atom stereocenters. The molecule has 1 saturated heterocycles. The molecule has 6 nitrogen and oxygen atoms in total. The molecule has 0 bridgehead atoms. The molecule has 29 heavy (non-hydrogen) atoms. The molecule has 0 saturated carbocycles. The van der Waals surface area contributed by atoms with Crippen LogP contribution in [0.5, 0.6) is 5.75 Å². The molecule has 2 amide bonds. The Bertz CT molecular complexity index is 823. The fourth-order valence-corrected chi connectivity index (χ4v) is 3.00. The number of nitrogens with one attached hydrogen (secondary N) is 1. The SMILES string of the molecule is CC(=O)N1CC(Oc2ccc(S(F)(F)(F)(F)F)cc2NC(=O)OCC(C)(C)Cl)C1. The molecule has 1 fully saturated rings. The van der Waals surface area contributed by atoms with E-state index in [-0.39, 0.29) is 43.5 Å². The molecule has 0 atom stereocenters. The number of rotatable bonds is 6.